The third-order valence-corrected chi connectivity index (χ3v) is 1.65. The van der Waals surface area contributed by atoms with Crippen LogP contribution in [0.2, 0.25) is 0 Å². The fraction of sp³-hybridized carbons (Fsp3) is 0.100. The average molecular weight is 193 g/mol. The predicted octanol–water partition coefficient (Wildman–Crippen LogP) is 0.865. The van der Waals surface area contributed by atoms with Crippen LogP contribution < -0.4 is 5.73 Å². The van der Waals surface area contributed by atoms with Gasteiger partial charge in [-0.1, -0.05) is 12.1 Å². The molecule has 0 bridgehead atoms. The molecule has 1 aromatic carbocycles. The standard InChI is InChI=1S/C10H11NO3/c1-14-9(10(11)13)6-7-2-4-8(12)5-3-7/h2-6,12H,1H3,(H2,11,13)/b9-6+. The first-order chi connectivity index (χ1) is 6.63. The van der Waals surface area contributed by atoms with Gasteiger partial charge in [-0.25, -0.2) is 0 Å². The van der Waals surface area contributed by atoms with Gasteiger partial charge in [0.05, 0.1) is 7.11 Å². The van der Waals surface area contributed by atoms with E-state index in [4.69, 9.17) is 15.6 Å². The van der Waals surface area contributed by atoms with Crippen molar-refractivity contribution in [2.45, 2.75) is 0 Å². The number of primary amides is 1. The van der Waals surface area contributed by atoms with E-state index in [2.05, 4.69) is 0 Å². The van der Waals surface area contributed by atoms with Crippen LogP contribution in [0.25, 0.3) is 6.08 Å². The quantitative estimate of drug-likeness (QED) is 0.552. The summed E-state index contributed by atoms with van der Waals surface area (Å²) in [7, 11) is 1.37. The first-order valence-electron chi connectivity index (χ1n) is 3.98. The highest BCUT2D eigenvalue weighted by atomic mass is 16.5. The molecule has 1 aromatic rings. The Morgan fingerprint density at radius 2 is 2.00 bits per heavy atom. The first kappa shape index (κ1) is 10.1. The molecule has 0 unspecified atom stereocenters. The van der Waals surface area contributed by atoms with Crippen molar-refractivity contribution in [3.63, 3.8) is 0 Å². The molecule has 74 valence electrons. The molecule has 0 aliphatic heterocycles. The molecule has 0 aliphatic rings. The summed E-state index contributed by atoms with van der Waals surface area (Å²) in [4.78, 5) is 10.8. The SMILES string of the molecule is CO/C(=C/c1ccc(O)cc1)C(N)=O. The third kappa shape index (κ3) is 2.52. The number of nitrogens with two attached hydrogens (primary N) is 1. The Kier molecular flexibility index (Phi) is 3.12. The predicted molar refractivity (Wildman–Crippen MR) is 52.3 cm³/mol. The van der Waals surface area contributed by atoms with Gasteiger partial charge < -0.3 is 15.6 Å². The number of amides is 1. The van der Waals surface area contributed by atoms with Gasteiger partial charge in [0.2, 0.25) is 0 Å². The minimum Gasteiger partial charge on any atom is -0.508 e. The van der Waals surface area contributed by atoms with E-state index in [0.29, 0.717) is 0 Å². The molecule has 0 saturated carbocycles. The fourth-order valence-corrected chi connectivity index (χ4v) is 0.953. The second-order valence-electron chi connectivity index (χ2n) is 2.67. The number of phenolic OH excluding ortho intramolecular Hbond substituents is 1. The summed E-state index contributed by atoms with van der Waals surface area (Å²) in [6.07, 6.45) is 1.50. The zero-order chi connectivity index (χ0) is 10.6. The highest BCUT2D eigenvalue weighted by molar-refractivity contribution is 5.94. The molecule has 4 heteroatoms. The largest absolute Gasteiger partial charge is 0.508 e. The average Bonchev–Trinajstić information content (AvgIpc) is 2.16. The fourth-order valence-electron chi connectivity index (χ4n) is 0.953. The van der Waals surface area contributed by atoms with E-state index in [0.717, 1.165) is 5.56 Å². The van der Waals surface area contributed by atoms with Gasteiger partial charge >= 0.3 is 0 Å². The maximum Gasteiger partial charge on any atom is 0.283 e. The van der Waals surface area contributed by atoms with Crippen LogP contribution in [0.1, 0.15) is 5.56 Å². The van der Waals surface area contributed by atoms with Gasteiger partial charge in [0, 0.05) is 0 Å². The van der Waals surface area contributed by atoms with Gasteiger partial charge in [-0.15, -0.1) is 0 Å². The van der Waals surface area contributed by atoms with E-state index < -0.39 is 5.91 Å². The number of carbonyl (C=O) groups excluding carboxylic acids is 1. The lowest BCUT2D eigenvalue weighted by Gasteiger charge is -2.01. The molecule has 14 heavy (non-hydrogen) atoms. The minimum atomic E-state index is -0.624. The van der Waals surface area contributed by atoms with Gasteiger partial charge in [0.15, 0.2) is 5.76 Å². The van der Waals surface area contributed by atoms with E-state index in [9.17, 15) is 4.79 Å². The second kappa shape index (κ2) is 4.32. The number of methoxy groups -OCH3 is 1. The molecule has 4 nitrogen and oxygen atoms in total. The van der Waals surface area contributed by atoms with Gasteiger partial charge in [0.1, 0.15) is 5.75 Å². The third-order valence-electron chi connectivity index (χ3n) is 1.65. The molecular formula is C10H11NO3. The Morgan fingerprint density at radius 1 is 1.43 bits per heavy atom. The van der Waals surface area contributed by atoms with Crippen LogP contribution >= 0.6 is 0 Å². The molecule has 0 fully saturated rings. The Morgan fingerprint density at radius 3 is 2.43 bits per heavy atom. The summed E-state index contributed by atoms with van der Waals surface area (Å²) in [5.41, 5.74) is 5.78. The first-order valence-corrected chi connectivity index (χ1v) is 3.98. The summed E-state index contributed by atoms with van der Waals surface area (Å²) in [6.45, 7) is 0. The number of hydrogen-bond acceptors (Lipinski definition) is 3. The van der Waals surface area contributed by atoms with Crippen molar-refractivity contribution in [1.82, 2.24) is 0 Å². The van der Waals surface area contributed by atoms with Crippen molar-refractivity contribution in [1.29, 1.82) is 0 Å². The van der Waals surface area contributed by atoms with Crippen LogP contribution in [0.4, 0.5) is 0 Å². The van der Waals surface area contributed by atoms with Crippen molar-refractivity contribution in [3.05, 3.63) is 35.6 Å². The maximum absolute atomic E-state index is 10.8. The van der Waals surface area contributed by atoms with Crippen LogP contribution in [0.5, 0.6) is 5.75 Å². The van der Waals surface area contributed by atoms with E-state index >= 15 is 0 Å². The summed E-state index contributed by atoms with van der Waals surface area (Å²) in [6, 6.07) is 6.33. The Bertz CT molecular complexity index is 354. The van der Waals surface area contributed by atoms with Crippen LogP contribution in [0.3, 0.4) is 0 Å². The number of benzene rings is 1. The minimum absolute atomic E-state index is 0.0793. The van der Waals surface area contributed by atoms with Gasteiger partial charge in [-0.2, -0.15) is 0 Å². The number of carbonyl (C=O) groups is 1. The van der Waals surface area contributed by atoms with Crippen LogP contribution in [0, 0.1) is 0 Å². The lowest BCUT2D eigenvalue weighted by Crippen LogP contribution is -2.14. The lowest BCUT2D eigenvalue weighted by atomic mass is 10.2. The van der Waals surface area contributed by atoms with Crippen molar-refractivity contribution < 1.29 is 14.6 Å². The smallest absolute Gasteiger partial charge is 0.283 e. The van der Waals surface area contributed by atoms with Crippen LogP contribution in [-0.2, 0) is 9.53 Å². The second-order valence-corrected chi connectivity index (χ2v) is 2.67. The highest BCUT2D eigenvalue weighted by Gasteiger charge is 2.03. The van der Waals surface area contributed by atoms with Gasteiger partial charge in [-0.3, -0.25) is 4.79 Å². The molecule has 3 N–H and O–H groups in total. The van der Waals surface area contributed by atoms with Crippen LogP contribution in [-0.4, -0.2) is 18.1 Å². The Hall–Kier alpha value is -1.97. The molecule has 0 atom stereocenters. The molecule has 0 aromatic heterocycles. The maximum atomic E-state index is 10.8. The number of aromatic hydroxyl groups is 1. The topological polar surface area (TPSA) is 72.6 Å². The lowest BCUT2D eigenvalue weighted by molar-refractivity contribution is -0.117. The summed E-state index contributed by atoms with van der Waals surface area (Å²) in [5, 5.41) is 9.01. The molecule has 0 aliphatic carbocycles. The molecule has 0 spiro atoms. The molecule has 0 heterocycles. The van der Waals surface area contributed by atoms with Gasteiger partial charge in [-0.05, 0) is 23.8 Å². The summed E-state index contributed by atoms with van der Waals surface area (Å²) >= 11 is 0. The van der Waals surface area contributed by atoms with Crippen LogP contribution in [0.15, 0.2) is 30.0 Å². The molecule has 0 radical (unpaired) electrons. The van der Waals surface area contributed by atoms with E-state index in [1.165, 1.54) is 25.3 Å². The van der Waals surface area contributed by atoms with E-state index in [1.807, 2.05) is 0 Å². The molecule has 0 saturated heterocycles. The number of phenols is 1. The van der Waals surface area contributed by atoms with Crippen molar-refractivity contribution in [2.24, 2.45) is 5.73 Å². The Balaban J connectivity index is 2.95. The summed E-state index contributed by atoms with van der Waals surface area (Å²) < 4.78 is 4.77. The van der Waals surface area contributed by atoms with Crippen molar-refractivity contribution in [3.8, 4) is 5.75 Å². The zero-order valence-electron chi connectivity index (χ0n) is 7.73. The van der Waals surface area contributed by atoms with Crippen molar-refractivity contribution in [2.75, 3.05) is 7.11 Å². The van der Waals surface area contributed by atoms with Crippen molar-refractivity contribution >= 4 is 12.0 Å². The molecule has 1 amide bonds. The number of rotatable bonds is 3. The normalized spacial score (nSPS) is 11.1. The molecular weight excluding hydrogens is 182 g/mol. The van der Waals surface area contributed by atoms with E-state index in [1.54, 1.807) is 12.1 Å². The van der Waals surface area contributed by atoms with Gasteiger partial charge in [0.25, 0.3) is 5.91 Å². The number of hydrogen-bond donors (Lipinski definition) is 2. The van der Waals surface area contributed by atoms with E-state index in [-0.39, 0.29) is 11.5 Å². The highest BCUT2D eigenvalue weighted by Crippen LogP contribution is 2.12. The monoisotopic (exact) mass is 193 g/mol. The Labute approximate surface area is 81.6 Å². The zero-order valence-corrected chi connectivity index (χ0v) is 7.73. The molecule has 1 rings (SSSR count). The number of ether oxygens (including phenoxy) is 1. The summed E-state index contributed by atoms with van der Waals surface area (Å²) in [5.74, 6) is -0.378.